The number of primary amides is 1. The summed E-state index contributed by atoms with van der Waals surface area (Å²) in [4.78, 5) is 63.8. The average molecular weight is 503 g/mol. The molecule has 4 atom stereocenters. The van der Waals surface area contributed by atoms with Crippen molar-refractivity contribution in [3.05, 3.63) is 36.0 Å². The first kappa shape index (κ1) is 28.3. The second-order valence-corrected chi connectivity index (χ2v) is 8.72. The third-order valence-electron chi connectivity index (χ3n) is 5.98. The first-order valence-electron chi connectivity index (χ1n) is 11.7. The van der Waals surface area contributed by atoms with Crippen molar-refractivity contribution in [2.75, 3.05) is 6.54 Å². The summed E-state index contributed by atoms with van der Waals surface area (Å²) in [6.07, 6.45) is 2.27. The molecule has 0 saturated heterocycles. The molecule has 0 aliphatic rings. The van der Waals surface area contributed by atoms with E-state index in [1.54, 1.807) is 13.1 Å². The van der Waals surface area contributed by atoms with Crippen LogP contribution in [0.4, 0.5) is 0 Å². The van der Waals surface area contributed by atoms with Crippen LogP contribution in [0.5, 0.6) is 0 Å². The fourth-order valence-corrected chi connectivity index (χ4v) is 3.67. The van der Waals surface area contributed by atoms with Gasteiger partial charge in [0.25, 0.3) is 0 Å². The van der Waals surface area contributed by atoms with Gasteiger partial charge >= 0.3 is 5.97 Å². The topological polar surface area (TPSA) is 209 Å². The normalized spacial score (nSPS) is 14.3. The fraction of sp³-hybridized carbons (Fsp3) is 0.458. The molecule has 12 heteroatoms. The zero-order chi connectivity index (χ0) is 26.8. The van der Waals surface area contributed by atoms with E-state index in [2.05, 4.69) is 20.9 Å². The standard InChI is InChI=1S/C24H34N6O6/c1-3-13(2)21(24(36)28-12-20(32)33)30-23(35)18(29-22(34)16(25)8-9-19(26)31)10-14-11-27-17-7-5-4-6-15(14)17/h4-7,11,13,16,18,21,27H,3,8-10,12,25H2,1-2H3,(H2,26,31)(H,28,36)(H,29,34)(H,30,35)(H,32,33). The SMILES string of the molecule is CCC(C)C(NC(=O)C(Cc1c[nH]c2ccccc12)NC(=O)C(N)CCC(N)=O)C(=O)NCC(=O)O. The van der Waals surface area contributed by atoms with Gasteiger partial charge in [0.15, 0.2) is 0 Å². The number of nitrogens with one attached hydrogen (secondary N) is 4. The van der Waals surface area contributed by atoms with Gasteiger partial charge in [0.2, 0.25) is 23.6 Å². The van der Waals surface area contributed by atoms with E-state index in [4.69, 9.17) is 16.6 Å². The molecule has 9 N–H and O–H groups in total. The molecule has 0 aliphatic heterocycles. The number of hydrogen-bond acceptors (Lipinski definition) is 6. The van der Waals surface area contributed by atoms with E-state index in [-0.39, 0.29) is 25.2 Å². The summed E-state index contributed by atoms with van der Waals surface area (Å²) in [7, 11) is 0. The van der Waals surface area contributed by atoms with Crippen molar-refractivity contribution in [3.8, 4) is 0 Å². The van der Waals surface area contributed by atoms with Crippen LogP contribution in [0.1, 0.15) is 38.7 Å². The minimum atomic E-state index is -1.22. The number of benzene rings is 1. The molecule has 0 spiro atoms. The maximum absolute atomic E-state index is 13.4. The number of hydrogen-bond donors (Lipinski definition) is 7. The second kappa shape index (κ2) is 13.2. The predicted molar refractivity (Wildman–Crippen MR) is 132 cm³/mol. The van der Waals surface area contributed by atoms with Crippen LogP contribution in [0.3, 0.4) is 0 Å². The van der Waals surface area contributed by atoms with E-state index in [9.17, 15) is 24.0 Å². The Balaban J connectivity index is 2.27. The second-order valence-electron chi connectivity index (χ2n) is 8.72. The summed E-state index contributed by atoms with van der Waals surface area (Å²) >= 11 is 0. The smallest absolute Gasteiger partial charge is 0.322 e. The number of aromatic amines is 1. The van der Waals surface area contributed by atoms with E-state index in [1.165, 1.54) is 0 Å². The molecule has 1 aromatic carbocycles. The zero-order valence-corrected chi connectivity index (χ0v) is 20.4. The van der Waals surface area contributed by atoms with Crippen molar-refractivity contribution in [3.63, 3.8) is 0 Å². The molecule has 2 rings (SSSR count). The molecule has 0 aliphatic carbocycles. The molecule has 196 valence electrons. The minimum Gasteiger partial charge on any atom is -0.480 e. The van der Waals surface area contributed by atoms with E-state index in [1.807, 2.05) is 31.2 Å². The molecule has 36 heavy (non-hydrogen) atoms. The summed E-state index contributed by atoms with van der Waals surface area (Å²) in [6, 6.07) is 4.26. The molecule has 1 aromatic heterocycles. The van der Waals surface area contributed by atoms with Crippen LogP contribution in [0, 0.1) is 5.92 Å². The Bertz CT molecular complexity index is 1100. The Labute approximate surface area is 208 Å². The maximum atomic E-state index is 13.4. The summed E-state index contributed by atoms with van der Waals surface area (Å²) in [5, 5.41) is 17.3. The lowest BCUT2D eigenvalue weighted by Crippen LogP contribution is -2.58. The summed E-state index contributed by atoms with van der Waals surface area (Å²) in [5.74, 6) is -4.05. The molecule has 4 amide bonds. The van der Waals surface area contributed by atoms with Gasteiger partial charge in [-0.1, -0.05) is 38.5 Å². The summed E-state index contributed by atoms with van der Waals surface area (Å²) < 4.78 is 0. The lowest BCUT2D eigenvalue weighted by molar-refractivity contribution is -0.139. The highest BCUT2D eigenvalue weighted by Gasteiger charge is 2.31. The summed E-state index contributed by atoms with van der Waals surface area (Å²) in [6.45, 7) is 2.99. The maximum Gasteiger partial charge on any atom is 0.322 e. The van der Waals surface area contributed by atoms with Gasteiger partial charge in [0, 0.05) is 29.9 Å². The number of carboxylic acid groups (broad SMARTS) is 1. The van der Waals surface area contributed by atoms with Crippen molar-refractivity contribution in [1.29, 1.82) is 0 Å². The van der Waals surface area contributed by atoms with Crippen LogP contribution >= 0.6 is 0 Å². The number of nitrogens with two attached hydrogens (primary N) is 2. The van der Waals surface area contributed by atoms with Crippen LogP contribution in [0.2, 0.25) is 0 Å². The number of fused-ring (bicyclic) bond motifs is 1. The third-order valence-corrected chi connectivity index (χ3v) is 5.98. The number of rotatable bonds is 14. The lowest BCUT2D eigenvalue weighted by atomic mass is 9.97. The van der Waals surface area contributed by atoms with Crippen molar-refractivity contribution >= 4 is 40.5 Å². The van der Waals surface area contributed by atoms with Gasteiger partial charge in [-0.05, 0) is 24.0 Å². The molecule has 0 saturated carbocycles. The highest BCUT2D eigenvalue weighted by molar-refractivity contribution is 5.94. The molecule has 0 bridgehead atoms. The van der Waals surface area contributed by atoms with Crippen LogP contribution in [0.25, 0.3) is 10.9 Å². The Hall–Kier alpha value is -3.93. The van der Waals surface area contributed by atoms with Crippen molar-refractivity contribution < 1.29 is 29.1 Å². The molecule has 4 unspecified atom stereocenters. The van der Waals surface area contributed by atoms with E-state index < -0.39 is 54.3 Å². The van der Waals surface area contributed by atoms with Crippen LogP contribution in [-0.2, 0) is 30.4 Å². The fourth-order valence-electron chi connectivity index (χ4n) is 3.67. The third kappa shape index (κ3) is 8.08. The van der Waals surface area contributed by atoms with Gasteiger partial charge in [-0.25, -0.2) is 0 Å². The van der Waals surface area contributed by atoms with Crippen LogP contribution in [-0.4, -0.2) is 64.4 Å². The van der Waals surface area contributed by atoms with Gasteiger partial charge in [-0.2, -0.15) is 0 Å². The Morgan fingerprint density at radius 1 is 1.06 bits per heavy atom. The highest BCUT2D eigenvalue weighted by atomic mass is 16.4. The Morgan fingerprint density at radius 2 is 1.75 bits per heavy atom. The Kier molecular flexibility index (Phi) is 10.4. The molecular weight excluding hydrogens is 468 g/mol. The quantitative estimate of drug-likeness (QED) is 0.180. The minimum absolute atomic E-state index is 0.00960. The first-order valence-corrected chi connectivity index (χ1v) is 11.7. The summed E-state index contributed by atoms with van der Waals surface area (Å²) in [5.41, 5.74) is 12.6. The Morgan fingerprint density at radius 3 is 2.39 bits per heavy atom. The van der Waals surface area contributed by atoms with Gasteiger partial charge in [0.05, 0.1) is 6.04 Å². The first-order chi connectivity index (χ1) is 17.0. The number of carbonyl (C=O) groups is 5. The molecule has 2 aromatic rings. The number of H-pyrrole nitrogens is 1. The largest absolute Gasteiger partial charge is 0.480 e. The average Bonchev–Trinajstić information content (AvgIpc) is 3.25. The number of aliphatic carboxylic acids is 1. The number of carboxylic acids is 1. The van der Waals surface area contributed by atoms with Gasteiger partial charge in [0.1, 0.15) is 18.6 Å². The molecule has 0 fully saturated rings. The molecule has 12 nitrogen and oxygen atoms in total. The van der Waals surface area contributed by atoms with Crippen molar-refractivity contribution in [2.45, 2.75) is 57.7 Å². The van der Waals surface area contributed by atoms with E-state index in [0.717, 1.165) is 16.5 Å². The number of amides is 4. The van der Waals surface area contributed by atoms with Gasteiger partial charge < -0.3 is 37.5 Å². The highest BCUT2D eigenvalue weighted by Crippen LogP contribution is 2.19. The number of carbonyl (C=O) groups excluding carboxylic acids is 4. The predicted octanol–water partition coefficient (Wildman–Crippen LogP) is -0.480. The number of para-hydroxylation sites is 1. The van der Waals surface area contributed by atoms with Crippen LogP contribution in [0.15, 0.2) is 30.5 Å². The molecule has 1 heterocycles. The van der Waals surface area contributed by atoms with Gasteiger partial charge in [-0.15, -0.1) is 0 Å². The monoisotopic (exact) mass is 502 g/mol. The van der Waals surface area contributed by atoms with Gasteiger partial charge in [-0.3, -0.25) is 24.0 Å². The molecule has 0 radical (unpaired) electrons. The molecular formula is C24H34N6O6. The van der Waals surface area contributed by atoms with E-state index in [0.29, 0.717) is 6.42 Å². The lowest BCUT2D eigenvalue weighted by Gasteiger charge is -2.27. The zero-order valence-electron chi connectivity index (χ0n) is 20.4. The van der Waals surface area contributed by atoms with E-state index >= 15 is 0 Å². The van der Waals surface area contributed by atoms with Crippen molar-refractivity contribution in [1.82, 2.24) is 20.9 Å². The number of aromatic nitrogens is 1. The van der Waals surface area contributed by atoms with Crippen LogP contribution < -0.4 is 27.4 Å². The van der Waals surface area contributed by atoms with Crippen molar-refractivity contribution in [2.24, 2.45) is 17.4 Å².